The minimum absolute atomic E-state index is 0.0339. The van der Waals surface area contributed by atoms with E-state index in [1.807, 2.05) is 11.8 Å². The lowest BCUT2D eigenvalue weighted by molar-refractivity contribution is -0.597. The molecule has 4 heterocycles. The second-order valence-corrected chi connectivity index (χ2v) is 12.7. The minimum atomic E-state index is -4.45. The quantitative estimate of drug-likeness (QED) is 0.165. The molecule has 2 aliphatic heterocycles. The Kier molecular flexibility index (Phi) is 10.5. The predicted molar refractivity (Wildman–Crippen MR) is 162 cm³/mol. The number of methoxy groups -OCH3 is 1. The van der Waals surface area contributed by atoms with Crippen molar-refractivity contribution in [1.82, 2.24) is 25.2 Å². The number of quaternary nitrogens is 1. The van der Waals surface area contributed by atoms with Crippen LogP contribution in [0.5, 0.6) is 0 Å². The number of carbonyl (C=O) groups is 2. The van der Waals surface area contributed by atoms with Crippen molar-refractivity contribution in [2.75, 3.05) is 38.2 Å². The van der Waals surface area contributed by atoms with Gasteiger partial charge in [0.1, 0.15) is 0 Å². The molecule has 2 saturated heterocycles. The number of fused-ring (bicyclic) bond motifs is 1. The first-order valence-corrected chi connectivity index (χ1v) is 16.1. The zero-order valence-corrected chi connectivity index (χ0v) is 26.5. The number of carbonyl (C=O) groups excluding carboxylic acids is 2. The number of amides is 2. The number of nitrogens with one attached hydrogen (secondary N) is 3. The number of halogens is 5. The van der Waals surface area contributed by atoms with Gasteiger partial charge in [0.2, 0.25) is 11.8 Å². The summed E-state index contributed by atoms with van der Waals surface area (Å²) in [6, 6.07) is 1.03. The van der Waals surface area contributed by atoms with Gasteiger partial charge >= 0.3 is 12.1 Å². The summed E-state index contributed by atoms with van der Waals surface area (Å²) in [5.41, 5.74) is 2.12. The number of anilines is 1. The van der Waals surface area contributed by atoms with Gasteiger partial charge in [0.25, 0.3) is 0 Å². The Morgan fingerprint density at radius 3 is 2.68 bits per heavy atom. The van der Waals surface area contributed by atoms with Gasteiger partial charge in [-0.2, -0.15) is 18.3 Å². The van der Waals surface area contributed by atoms with E-state index in [2.05, 4.69) is 10.6 Å². The van der Waals surface area contributed by atoms with Gasteiger partial charge in [-0.1, -0.05) is 0 Å². The molecule has 2 amide bonds. The molecule has 1 unspecified atom stereocenters. The van der Waals surface area contributed by atoms with Crippen LogP contribution in [0.3, 0.4) is 0 Å². The fourth-order valence-corrected chi connectivity index (χ4v) is 6.84. The van der Waals surface area contributed by atoms with Gasteiger partial charge in [-0.3, -0.25) is 9.59 Å². The Balaban J connectivity index is 1.52. The van der Waals surface area contributed by atoms with Crippen molar-refractivity contribution in [2.24, 2.45) is 17.8 Å². The summed E-state index contributed by atoms with van der Waals surface area (Å²) in [6.45, 7) is 3.05. The van der Waals surface area contributed by atoms with E-state index in [1.165, 1.54) is 10.6 Å². The van der Waals surface area contributed by atoms with Crippen molar-refractivity contribution < 1.29 is 41.6 Å². The number of hydrogen-bond donors (Lipinski definition) is 4. The third-order valence-electron chi connectivity index (χ3n) is 9.49. The Bertz CT molecular complexity index is 1490. The van der Waals surface area contributed by atoms with Crippen LogP contribution in [0.25, 0.3) is 5.65 Å². The molecule has 16 heteroatoms. The monoisotopic (exact) mass is 669 g/mol. The zero-order chi connectivity index (χ0) is 33.9. The first kappa shape index (κ1) is 34.7. The van der Waals surface area contributed by atoms with Crippen LogP contribution in [0.1, 0.15) is 62.9 Å². The van der Waals surface area contributed by atoms with Crippen molar-refractivity contribution in [1.29, 1.82) is 5.41 Å². The maximum atomic E-state index is 14.1. The van der Waals surface area contributed by atoms with Gasteiger partial charge in [0.05, 0.1) is 47.9 Å². The number of nitrogens with two attached hydrogens (primary N) is 1. The first-order valence-electron chi connectivity index (χ1n) is 16.1. The number of rotatable bonds is 11. The maximum absolute atomic E-state index is 14.1. The van der Waals surface area contributed by atoms with Crippen molar-refractivity contribution in [2.45, 2.75) is 76.1 Å². The number of allylic oxidation sites excluding steroid dienone is 1. The molecule has 47 heavy (non-hydrogen) atoms. The van der Waals surface area contributed by atoms with Gasteiger partial charge in [-0.15, -0.1) is 0 Å². The molecule has 1 saturated carbocycles. The lowest BCUT2D eigenvalue weighted by Crippen LogP contribution is -2.83. The van der Waals surface area contributed by atoms with Crippen LogP contribution in [0.4, 0.5) is 27.6 Å². The van der Waals surface area contributed by atoms with Crippen molar-refractivity contribution >= 4 is 29.4 Å². The van der Waals surface area contributed by atoms with E-state index in [9.17, 15) is 31.5 Å². The number of piperidine rings is 1. The maximum Gasteiger partial charge on any atom is 0.393 e. The normalized spacial score (nSPS) is 24.7. The van der Waals surface area contributed by atoms with E-state index in [0.717, 1.165) is 12.6 Å². The number of alkyl halides is 5. The third kappa shape index (κ3) is 8.08. The molecule has 0 aromatic carbocycles. The summed E-state index contributed by atoms with van der Waals surface area (Å²) < 4.78 is 76.1. The molecule has 3 fully saturated rings. The molecule has 0 bridgehead atoms. The molecule has 4 atom stereocenters. The van der Waals surface area contributed by atoms with E-state index < -0.39 is 48.3 Å². The van der Waals surface area contributed by atoms with Crippen molar-refractivity contribution in [3.63, 3.8) is 0 Å². The highest BCUT2D eigenvalue weighted by molar-refractivity contribution is 5.94. The molecule has 2 aromatic rings. The molecular weight excluding hydrogens is 627 g/mol. The van der Waals surface area contributed by atoms with E-state index in [0.29, 0.717) is 42.4 Å². The Labute approximate surface area is 269 Å². The molecule has 2 aromatic heterocycles. The largest absolute Gasteiger partial charge is 0.393 e. The van der Waals surface area contributed by atoms with E-state index in [-0.39, 0.29) is 56.2 Å². The SMILES string of the molecule is CC[NH2+]/C(=C\C=N)C(=O)N[C@H](c1cn2nc(C[C@H]3C[C@@H](C(F)(F)F)CNC3=O)c(N3CCC(OC)C3)cc2n1)C1CCC(F)(F)CC1. The van der Waals surface area contributed by atoms with Crippen LogP contribution in [0, 0.1) is 23.2 Å². The summed E-state index contributed by atoms with van der Waals surface area (Å²) >= 11 is 0. The van der Waals surface area contributed by atoms with Crippen molar-refractivity contribution in [3.8, 4) is 0 Å². The summed E-state index contributed by atoms with van der Waals surface area (Å²) in [5, 5.41) is 19.3. The number of imidazole rings is 1. The molecule has 5 rings (SSSR count). The van der Waals surface area contributed by atoms with Gasteiger partial charge in [0, 0.05) is 70.3 Å². The topological polar surface area (TPSA) is 141 Å². The van der Waals surface area contributed by atoms with E-state index in [4.69, 9.17) is 20.2 Å². The first-order chi connectivity index (χ1) is 22.3. The minimum Gasteiger partial charge on any atom is -0.380 e. The standard InChI is InChI=1S/C31H41F5N8O3/c1-3-38-22(6-10-37)29(46)41-27(18-4-8-30(32,33)9-5-18)24-17-44-26(40-24)14-25(43-11-7-21(16-43)47-2)23(42-44)13-19-12-20(31(34,35)36)15-39-28(19)45/h6,10,14,17-21,27,37-38H,3-5,7-9,11-13,15-16H2,1-2H3,(H,39,45)(H,41,46)/p+1/b22-6-,37-10?/t19-,20-,21?,27+/m1/s1. The highest BCUT2D eigenvalue weighted by atomic mass is 19.4. The summed E-state index contributed by atoms with van der Waals surface area (Å²) in [5.74, 6) is -6.68. The molecular formula is C31H42F5N8O3+. The van der Waals surface area contributed by atoms with Gasteiger partial charge in [0.15, 0.2) is 11.3 Å². The van der Waals surface area contributed by atoms with Crippen LogP contribution < -0.4 is 20.9 Å². The van der Waals surface area contributed by atoms with Gasteiger partial charge in [-0.05, 0) is 38.5 Å². The fraction of sp³-hybridized carbons (Fsp3) is 0.645. The Morgan fingerprint density at radius 2 is 2.04 bits per heavy atom. The van der Waals surface area contributed by atoms with Crippen LogP contribution in [0.15, 0.2) is 24.0 Å². The number of hydrogen-bond acceptors (Lipinski definition) is 7. The summed E-state index contributed by atoms with van der Waals surface area (Å²) in [4.78, 5) is 32.9. The summed E-state index contributed by atoms with van der Waals surface area (Å²) in [6.07, 6.45) is -0.551. The average Bonchev–Trinajstić information content (AvgIpc) is 3.67. The Morgan fingerprint density at radius 1 is 1.30 bits per heavy atom. The zero-order valence-electron chi connectivity index (χ0n) is 26.5. The molecule has 11 nitrogen and oxygen atoms in total. The Hall–Kier alpha value is -3.66. The highest BCUT2D eigenvalue weighted by Crippen LogP contribution is 2.42. The van der Waals surface area contributed by atoms with E-state index in [1.54, 1.807) is 24.7 Å². The molecule has 258 valence electrons. The highest BCUT2D eigenvalue weighted by Gasteiger charge is 2.45. The number of likely N-dealkylation sites (N-methyl/N-ethyl adjacent to an activating group) is 1. The van der Waals surface area contributed by atoms with E-state index >= 15 is 0 Å². The van der Waals surface area contributed by atoms with Crippen molar-refractivity contribution in [3.05, 3.63) is 35.4 Å². The molecule has 0 radical (unpaired) electrons. The second kappa shape index (κ2) is 14.2. The molecule has 5 N–H and O–H groups in total. The van der Waals surface area contributed by atoms with Crippen LogP contribution in [-0.2, 0) is 20.7 Å². The lowest BCUT2D eigenvalue weighted by atomic mass is 9.81. The molecule has 1 aliphatic carbocycles. The number of ether oxygens (including phenoxy) is 1. The molecule has 3 aliphatic rings. The predicted octanol–water partition coefficient (Wildman–Crippen LogP) is 2.91. The second-order valence-electron chi connectivity index (χ2n) is 12.7. The van der Waals surface area contributed by atoms with Gasteiger partial charge in [-0.25, -0.2) is 18.3 Å². The smallest absolute Gasteiger partial charge is 0.380 e. The third-order valence-corrected chi connectivity index (χ3v) is 9.49. The fourth-order valence-electron chi connectivity index (χ4n) is 6.84. The number of nitrogens with zero attached hydrogens (tertiary/aromatic N) is 4. The summed E-state index contributed by atoms with van der Waals surface area (Å²) in [7, 11) is 1.61. The number of aromatic nitrogens is 3. The van der Waals surface area contributed by atoms with Crippen LogP contribution >= 0.6 is 0 Å². The average molecular weight is 670 g/mol. The van der Waals surface area contributed by atoms with Gasteiger partial charge < -0.3 is 31.0 Å². The van der Waals surface area contributed by atoms with Crippen LogP contribution in [-0.4, -0.2) is 84.1 Å². The lowest BCUT2D eigenvalue weighted by Gasteiger charge is -2.33. The van der Waals surface area contributed by atoms with Crippen LogP contribution in [0.2, 0.25) is 0 Å². The molecule has 0 spiro atoms.